The van der Waals surface area contributed by atoms with Gasteiger partial charge in [0.05, 0.1) is 19.2 Å². The number of alkyl carbamates (subject to hydrolysis) is 1. The van der Waals surface area contributed by atoms with Crippen LogP contribution >= 0.6 is 11.8 Å². The van der Waals surface area contributed by atoms with Crippen LogP contribution in [0.1, 0.15) is 28.4 Å². The number of β-lactam (4-membered cyclic amide) rings is 1. The van der Waals surface area contributed by atoms with Gasteiger partial charge in [0.25, 0.3) is 5.91 Å². The molecule has 0 bridgehead atoms. The molecule has 2 N–H and O–H groups in total. The van der Waals surface area contributed by atoms with Gasteiger partial charge in [-0.3, -0.25) is 19.8 Å². The number of methoxy groups -OCH3 is 1. The largest absolute Gasteiger partial charge is 0.497 e. The quantitative estimate of drug-likeness (QED) is 0.168. The number of carbonyl (C=O) groups is 4. The van der Waals surface area contributed by atoms with E-state index in [4.69, 9.17) is 14.2 Å². The maximum Gasteiger partial charge on any atom is 0.411 e. The molecule has 3 amide bonds. The Labute approximate surface area is 282 Å². The molecule has 48 heavy (non-hydrogen) atoms. The summed E-state index contributed by atoms with van der Waals surface area (Å²) in [5.41, 5.74) is 3.08. The molecule has 0 radical (unpaired) electrons. The minimum absolute atomic E-state index is 0.0269. The van der Waals surface area contributed by atoms with Crippen LogP contribution in [0.3, 0.4) is 0 Å². The molecule has 244 valence electrons. The third kappa shape index (κ3) is 7.37. The van der Waals surface area contributed by atoms with Crippen LogP contribution in [0.5, 0.6) is 5.75 Å². The molecule has 10 nitrogen and oxygen atoms in total. The first kappa shape index (κ1) is 32.4. The molecule has 6 rings (SSSR count). The number of hydrogen-bond donors (Lipinski definition) is 2. The molecule has 0 aromatic heterocycles. The number of benzene rings is 4. The molecule has 0 spiro atoms. The molecule has 1 saturated heterocycles. The lowest BCUT2D eigenvalue weighted by molar-refractivity contribution is -0.154. The van der Waals surface area contributed by atoms with Gasteiger partial charge in [-0.05, 0) is 34.4 Å². The van der Waals surface area contributed by atoms with Gasteiger partial charge < -0.3 is 19.5 Å². The fourth-order valence-corrected chi connectivity index (χ4v) is 6.77. The topological polar surface area (TPSA) is 123 Å². The SMILES string of the molecule is COc1ccc(COC(=O)NC2=C(C(=O)OC(c3ccccc3)c3ccccc3)N3C(=O)C(NC(=O)Cc4ccccc4)[C@H]3SC2)cc1. The summed E-state index contributed by atoms with van der Waals surface area (Å²) < 4.78 is 16.7. The van der Waals surface area contributed by atoms with Crippen molar-refractivity contribution in [1.29, 1.82) is 0 Å². The predicted molar refractivity (Wildman–Crippen MR) is 179 cm³/mol. The van der Waals surface area contributed by atoms with Crippen LogP contribution in [-0.2, 0) is 36.9 Å². The minimum atomic E-state index is -0.850. The summed E-state index contributed by atoms with van der Waals surface area (Å²) in [5, 5.41) is 4.93. The maximum absolute atomic E-state index is 14.1. The highest BCUT2D eigenvalue weighted by Crippen LogP contribution is 2.41. The van der Waals surface area contributed by atoms with Crippen molar-refractivity contribution < 1.29 is 33.4 Å². The number of amides is 3. The Bertz CT molecular complexity index is 1760. The van der Waals surface area contributed by atoms with Crippen LogP contribution in [0.2, 0.25) is 0 Å². The van der Waals surface area contributed by atoms with Crippen molar-refractivity contribution in [1.82, 2.24) is 15.5 Å². The van der Waals surface area contributed by atoms with Crippen LogP contribution in [0.15, 0.2) is 127 Å². The number of nitrogens with one attached hydrogen (secondary N) is 2. The number of hydrogen-bond acceptors (Lipinski definition) is 8. The van der Waals surface area contributed by atoms with E-state index in [0.29, 0.717) is 5.75 Å². The van der Waals surface area contributed by atoms with Crippen molar-refractivity contribution >= 4 is 35.6 Å². The van der Waals surface area contributed by atoms with E-state index in [0.717, 1.165) is 22.3 Å². The second kappa shape index (κ2) is 14.9. The Kier molecular flexibility index (Phi) is 10.1. The third-order valence-electron chi connectivity index (χ3n) is 7.90. The van der Waals surface area contributed by atoms with Crippen molar-refractivity contribution in [2.45, 2.75) is 30.5 Å². The van der Waals surface area contributed by atoms with Crippen molar-refractivity contribution in [3.63, 3.8) is 0 Å². The van der Waals surface area contributed by atoms with Crippen LogP contribution in [-0.4, -0.2) is 53.1 Å². The van der Waals surface area contributed by atoms with E-state index in [1.54, 1.807) is 31.4 Å². The Hall–Kier alpha value is -5.55. The molecule has 4 aromatic carbocycles. The zero-order chi connectivity index (χ0) is 33.5. The summed E-state index contributed by atoms with van der Waals surface area (Å²) in [7, 11) is 1.56. The number of carbonyl (C=O) groups excluding carboxylic acids is 4. The van der Waals surface area contributed by atoms with Crippen LogP contribution in [0.25, 0.3) is 0 Å². The predicted octanol–water partition coefficient (Wildman–Crippen LogP) is 5.11. The molecule has 2 atom stereocenters. The molecule has 0 saturated carbocycles. The molecule has 11 heteroatoms. The zero-order valence-corrected chi connectivity index (χ0v) is 26.9. The second-order valence-corrected chi connectivity index (χ2v) is 12.2. The van der Waals surface area contributed by atoms with E-state index in [1.165, 1.54) is 16.7 Å². The van der Waals surface area contributed by atoms with Crippen molar-refractivity contribution in [2.24, 2.45) is 0 Å². The first-order chi connectivity index (χ1) is 23.4. The highest BCUT2D eigenvalue weighted by atomic mass is 32.2. The molecule has 1 fully saturated rings. The second-order valence-electron chi connectivity index (χ2n) is 11.1. The van der Waals surface area contributed by atoms with Gasteiger partial charge in [-0.1, -0.05) is 103 Å². The van der Waals surface area contributed by atoms with Gasteiger partial charge in [-0.15, -0.1) is 11.8 Å². The number of ether oxygens (including phenoxy) is 3. The Balaban J connectivity index is 1.24. The lowest BCUT2D eigenvalue weighted by Crippen LogP contribution is -2.71. The molecule has 0 aliphatic carbocycles. The Morgan fingerprint density at radius 1 is 0.833 bits per heavy atom. The average Bonchev–Trinajstić information content (AvgIpc) is 3.13. The molecule has 2 aliphatic heterocycles. The first-order valence-electron chi connectivity index (χ1n) is 15.3. The highest BCUT2D eigenvalue weighted by Gasteiger charge is 2.55. The number of fused-ring (bicyclic) bond motifs is 1. The van der Waals surface area contributed by atoms with Gasteiger partial charge >= 0.3 is 12.1 Å². The molecule has 1 unspecified atom stereocenters. The van der Waals surface area contributed by atoms with Crippen LogP contribution in [0, 0.1) is 0 Å². The summed E-state index contributed by atoms with van der Waals surface area (Å²) in [4.78, 5) is 54.9. The van der Waals surface area contributed by atoms with Crippen LogP contribution in [0.4, 0.5) is 4.79 Å². The fourth-order valence-electron chi connectivity index (χ4n) is 5.49. The highest BCUT2D eigenvalue weighted by molar-refractivity contribution is 8.00. The summed E-state index contributed by atoms with van der Waals surface area (Å²) in [5.74, 6) is -0.771. The van der Waals surface area contributed by atoms with Gasteiger partial charge in [-0.2, -0.15) is 0 Å². The molecular formula is C37H33N3O7S. The standard InChI is InChI=1S/C37H33N3O7S/c1-45-28-19-17-25(18-20-28)22-46-37(44)38-29-23-48-35-31(39-30(41)21-24-11-5-2-6-12-24)34(42)40(35)32(29)36(43)47-33(26-13-7-3-8-14-26)27-15-9-4-10-16-27/h2-20,31,33,35H,21-23H2,1H3,(H,38,44)(H,39,41)/t31?,35-/m1/s1. The summed E-state index contributed by atoms with van der Waals surface area (Å²) in [6.07, 6.45) is -1.48. The number of thioether (sulfide) groups is 1. The lowest BCUT2D eigenvalue weighted by atomic mass is 10.0. The summed E-state index contributed by atoms with van der Waals surface area (Å²) in [6.45, 7) is -0.0269. The summed E-state index contributed by atoms with van der Waals surface area (Å²) in [6, 6.07) is 33.9. The molecule has 2 heterocycles. The van der Waals surface area contributed by atoms with Gasteiger partial charge in [0.1, 0.15) is 23.8 Å². The Morgan fingerprint density at radius 3 is 2.04 bits per heavy atom. The van der Waals surface area contributed by atoms with Crippen molar-refractivity contribution in [3.05, 3.63) is 149 Å². The van der Waals surface area contributed by atoms with E-state index in [-0.39, 0.29) is 36.1 Å². The van der Waals surface area contributed by atoms with E-state index in [2.05, 4.69) is 10.6 Å². The fraction of sp³-hybridized carbons (Fsp3) is 0.189. The summed E-state index contributed by atoms with van der Waals surface area (Å²) >= 11 is 1.32. The van der Waals surface area contributed by atoms with Crippen molar-refractivity contribution in [2.75, 3.05) is 12.9 Å². The minimum Gasteiger partial charge on any atom is -0.497 e. The van der Waals surface area contributed by atoms with Crippen molar-refractivity contribution in [3.8, 4) is 5.75 Å². The first-order valence-corrected chi connectivity index (χ1v) is 16.3. The van der Waals surface area contributed by atoms with E-state index < -0.39 is 35.5 Å². The van der Waals surface area contributed by atoms with Gasteiger partial charge in [-0.25, -0.2) is 9.59 Å². The van der Waals surface area contributed by atoms with E-state index in [1.807, 2.05) is 91.0 Å². The van der Waals surface area contributed by atoms with Gasteiger partial charge in [0.15, 0.2) is 11.8 Å². The number of nitrogens with zero attached hydrogens (tertiary/aromatic N) is 1. The molecule has 2 aliphatic rings. The van der Waals surface area contributed by atoms with Crippen LogP contribution < -0.4 is 15.4 Å². The zero-order valence-electron chi connectivity index (χ0n) is 26.0. The third-order valence-corrected chi connectivity index (χ3v) is 9.18. The molecular weight excluding hydrogens is 630 g/mol. The van der Waals surface area contributed by atoms with Gasteiger partial charge in [0.2, 0.25) is 5.91 Å². The van der Waals surface area contributed by atoms with Gasteiger partial charge in [0, 0.05) is 5.75 Å². The van der Waals surface area contributed by atoms with E-state index in [9.17, 15) is 19.2 Å². The smallest absolute Gasteiger partial charge is 0.411 e. The maximum atomic E-state index is 14.1. The lowest BCUT2D eigenvalue weighted by Gasteiger charge is -2.49. The monoisotopic (exact) mass is 663 g/mol. The molecule has 4 aromatic rings. The Morgan fingerprint density at radius 2 is 1.44 bits per heavy atom. The number of esters is 1. The average molecular weight is 664 g/mol. The normalized spacial score (nSPS) is 16.8. The van der Waals surface area contributed by atoms with E-state index >= 15 is 0 Å². The number of rotatable bonds is 11.